The zero-order valence-electron chi connectivity index (χ0n) is 10.7. The van der Waals surface area contributed by atoms with Gasteiger partial charge in [-0.05, 0) is 77.5 Å². The summed E-state index contributed by atoms with van der Waals surface area (Å²) >= 11 is 5.53. The monoisotopic (exact) mass is 315 g/mol. The summed E-state index contributed by atoms with van der Waals surface area (Å²) in [4.78, 5) is 1.53. The van der Waals surface area contributed by atoms with Gasteiger partial charge in [-0.15, -0.1) is 11.3 Å². The summed E-state index contributed by atoms with van der Waals surface area (Å²) in [6.45, 7) is 6.92. The van der Waals surface area contributed by atoms with Crippen LogP contribution in [0.25, 0.3) is 0 Å². The lowest BCUT2D eigenvalue weighted by Crippen LogP contribution is -2.37. The molecular formula is C14H22BrNS. The van der Waals surface area contributed by atoms with Crippen molar-refractivity contribution in [2.24, 2.45) is 17.8 Å². The number of nitrogens with one attached hydrogen (secondary N) is 1. The smallest absolute Gasteiger partial charge is 0.0314 e. The minimum absolute atomic E-state index is 0.764. The minimum atomic E-state index is 0.764. The summed E-state index contributed by atoms with van der Waals surface area (Å²) in [5.41, 5.74) is 0. The quantitative estimate of drug-likeness (QED) is 0.824. The summed E-state index contributed by atoms with van der Waals surface area (Å²) < 4.78 is 1.31. The second kappa shape index (κ2) is 6.35. The molecule has 2 atom stereocenters. The summed E-state index contributed by atoms with van der Waals surface area (Å²) in [6.07, 6.45) is 4.10. The summed E-state index contributed by atoms with van der Waals surface area (Å²) in [5, 5.41) is 5.79. The van der Waals surface area contributed by atoms with E-state index in [4.69, 9.17) is 0 Å². The van der Waals surface area contributed by atoms with Crippen LogP contribution < -0.4 is 5.32 Å². The summed E-state index contributed by atoms with van der Waals surface area (Å²) in [7, 11) is 0. The Morgan fingerprint density at radius 1 is 1.41 bits per heavy atom. The van der Waals surface area contributed by atoms with Crippen molar-refractivity contribution in [2.45, 2.75) is 33.1 Å². The van der Waals surface area contributed by atoms with Crippen LogP contribution in [0.4, 0.5) is 0 Å². The van der Waals surface area contributed by atoms with E-state index in [0.717, 1.165) is 24.3 Å². The van der Waals surface area contributed by atoms with Crippen LogP contribution in [0.3, 0.4) is 0 Å². The Labute approximate surface area is 117 Å². The first-order valence-corrected chi connectivity index (χ1v) is 8.26. The van der Waals surface area contributed by atoms with E-state index in [2.05, 4.69) is 46.5 Å². The van der Waals surface area contributed by atoms with E-state index in [1.807, 2.05) is 11.3 Å². The lowest BCUT2D eigenvalue weighted by atomic mass is 9.71. The highest BCUT2D eigenvalue weighted by Crippen LogP contribution is 2.38. The van der Waals surface area contributed by atoms with Crippen molar-refractivity contribution in [3.05, 3.63) is 20.8 Å². The first-order chi connectivity index (χ1) is 8.16. The maximum absolute atomic E-state index is 3.63. The van der Waals surface area contributed by atoms with Crippen molar-refractivity contribution in [1.29, 1.82) is 0 Å². The Bertz CT molecular complexity index is 348. The summed E-state index contributed by atoms with van der Waals surface area (Å²) in [5.74, 6) is 2.58. The Kier molecular flexibility index (Phi) is 5.07. The van der Waals surface area contributed by atoms with Crippen LogP contribution in [-0.4, -0.2) is 13.1 Å². The lowest BCUT2D eigenvalue weighted by molar-refractivity contribution is 0.170. The molecule has 2 rings (SSSR count). The van der Waals surface area contributed by atoms with Gasteiger partial charge in [0, 0.05) is 9.35 Å². The highest BCUT2D eigenvalue weighted by Gasteiger charge is 2.30. The van der Waals surface area contributed by atoms with Crippen LogP contribution in [0.15, 0.2) is 15.9 Å². The Balaban J connectivity index is 1.73. The van der Waals surface area contributed by atoms with Gasteiger partial charge in [0.25, 0.3) is 0 Å². The average molecular weight is 316 g/mol. The van der Waals surface area contributed by atoms with Gasteiger partial charge in [0.05, 0.1) is 0 Å². The molecule has 1 aliphatic carbocycles. The van der Waals surface area contributed by atoms with E-state index in [0.29, 0.717) is 0 Å². The molecule has 0 spiro atoms. The molecule has 1 saturated carbocycles. The van der Waals surface area contributed by atoms with Crippen molar-refractivity contribution >= 4 is 27.3 Å². The molecule has 1 fully saturated rings. The third-order valence-electron chi connectivity index (χ3n) is 3.67. The van der Waals surface area contributed by atoms with Crippen LogP contribution in [0.2, 0.25) is 0 Å². The molecule has 96 valence electrons. The maximum Gasteiger partial charge on any atom is 0.0314 e. The zero-order valence-corrected chi connectivity index (χ0v) is 13.1. The van der Waals surface area contributed by atoms with Crippen molar-refractivity contribution < 1.29 is 0 Å². The van der Waals surface area contributed by atoms with Crippen LogP contribution in [0, 0.1) is 17.8 Å². The molecule has 1 aromatic rings. The molecule has 1 nitrogen and oxygen atoms in total. The normalized spacial score (nSPS) is 24.0. The summed E-state index contributed by atoms with van der Waals surface area (Å²) in [6, 6.07) is 2.17. The van der Waals surface area contributed by atoms with E-state index in [1.165, 1.54) is 35.2 Å². The fourth-order valence-electron chi connectivity index (χ4n) is 2.44. The van der Waals surface area contributed by atoms with Gasteiger partial charge < -0.3 is 5.32 Å². The second-order valence-electron chi connectivity index (χ2n) is 5.55. The molecule has 0 aromatic carbocycles. The van der Waals surface area contributed by atoms with Crippen LogP contribution in [0.1, 0.15) is 31.6 Å². The van der Waals surface area contributed by atoms with Gasteiger partial charge in [0.1, 0.15) is 0 Å². The first kappa shape index (κ1) is 13.6. The molecule has 3 heteroatoms. The van der Waals surface area contributed by atoms with E-state index in [9.17, 15) is 0 Å². The number of rotatable bonds is 6. The largest absolute Gasteiger partial charge is 0.316 e. The molecule has 0 radical (unpaired) electrons. The topological polar surface area (TPSA) is 12.0 Å². The van der Waals surface area contributed by atoms with Gasteiger partial charge in [-0.1, -0.05) is 13.8 Å². The predicted molar refractivity (Wildman–Crippen MR) is 79.6 cm³/mol. The van der Waals surface area contributed by atoms with Gasteiger partial charge in [-0.3, -0.25) is 0 Å². The molecule has 1 aromatic heterocycles. The van der Waals surface area contributed by atoms with E-state index in [1.54, 1.807) is 0 Å². The molecule has 17 heavy (non-hydrogen) atoms. The van der Waals surface area contributed by atoms with Crippen LogP contribution in [0.5, 0.6) is 0 Å². The highest BCUT2D eigenvalue weighted by atomic mass is 79.9. The Morgan fingerprint density at radius 3 is 2.71 bits per heavy atom. The van der Waals surface area contributed by atoms with Gasteiger partial charge in [0.2, 0.25) is 0 Å². The molecule has 0 aliphatic heterocycles. The maximum atomic E-state index is 3.63. The number of hydrogen-bond donors (Lipinski definition) is 1. The molecule has 0 bridgehead atoms. The molecule has 2 unspecified atom stereocenters. The van der Waals surface area contributed by atoms with Gasteiger partial charge in [-0.2, -0.15) is 0 Å². The molecule has 1 heterocycles. The standard InChI is InChI=1S/C14H22BrNS/c1-10(2)8-16-9-12-4-3-11(12)7-14-13(15)5-6-17-14/h5-6,10-12,16H,3-4,7-9H2,1-2H3. The SMILES string of the molecule is CC(C)CNCC1CCC1Cc1sccc1Br. The van der Waals surface area contributed by atoms with Gasteiger partial charge in [0.15, 0.2) is 0 Å². The average Bonchev–Trinajstić information content (AvgIpc) is 2.65. The highest BCUT2D eigenvalue weighted by molar-refractivity contribution is 9.10. The van der Waals surface area contributed by atoms with E-state index < -0.39 is 0 Å². The van der Waals surface area contributed by atoms with Crippen LogP contribution in [-0.2, 0) is 6.42 Å². The molecule has 1 N–H and O–H groups in total. The predicted octanol–water partition coefficient (Wildman–Crippen LogP) is 4.32. The fourth-order valence-corrected chi connectivity index (χ4v) is 4.05. The van der Waals surface area contributed by atoms with E-state index >= 15 is 0 Å². The lowest BCUT2D eigenvalue weighted by Gasteiger charge is -2.37. The second-order valence-corrected chi connectivity index (χ2v) is 7.40. The molecular weight excluding hydrogens is 294 g/mol. The van der Waals surface area contributed by atoms with Crippen molar-refractivity contribution in [3.63, 3.8) is 0 Å². The fraction of sp³-hybridized carbons (Fsp3) is 0.714. The first-order valence-electron chi connectivity index (χ1n) is 6.59. The number of thiophene rings is 1. The van der Waals surface area contributed by atoms with Crippen molar-refractivity contribution in [2.75, 3.05) is 13.1 Å². The third-order valence-corrected chi connectivity index (χ3v) is 5.62. The van der Waals surface area contributed by atoms with Gasteiger partial charge in [-0.25, -0.2) is 0 Å². The van der Waals surface area contributed by atoms with Gasteiger partial charge >= 0.3 is 0 Å². The molecule has 1 aliphatic rings. The minimum Gasteiger partial charge on any atom is -0.316 e. The molecule has 0 saturated heterocycles. The number of halogens is 1. The zero-order chi connectivity index (χ0) is 12.3. The Morgan fingerprint density at radius 2 is 2.18 bits per heavy atom. The van der Waals surface area contributed by atoms with E-state index in [-0.39, 0.29) is 0 Å². The molecule has 0 amide bonds. The van der Waals surface area contributed by atoms with Crippen LogP contribution >= 0.6 is 27.3 Å². The van der Waals surface area contributed by atoms with Crippen molar-refractivity contribution in [1.82, 2.24) is 5.32 Å². The Hall–Kier alpha value is 0.140. The number of hydrogen-bond acceptors (Lipinski definition) is 2. The van der Waals surface area contributed by atoms with Crippen molar-refractivity contribution in [3.8, 4) is 0 Å². The third kappa shape index (κ3) is 3.80.